The molecule has 1 aromatic heterocycles. The van der Waals surface area contributed by atoms with Gasteiger partial charge in [0.1, 0.15) is 5.82 Å². The highest BCUT2D eigenvalue weighted by molar-refractivity contribution is 5.66. The van der Waals surface area contributed by atoms with Gasteiger partial charge in [-0.25, -0.2) is 4.98 Å². The molecule has 3 heterocycles. The topological polar surface area (TPSA) is 53.5 Å². The lowest BCUT2D eigenvalue weighted by Gasteiger charge is -2.27. The molecule has 0 atom stereocenters. The Bertz CT molecular complexity index is 853. The predicted octanol–water partition coefficient (Wildman–Crippen LogP) is 3.54. The molecule has 156 valence electrons. The molecule has 0 amide bonds. The lowest BCUT2D eigenvalue weighted by atomic mass is 10.1. The van der Waals surface area contributed by atoms with Crippen molar-refractivity contribution in [3.05, 3.63) is 40.1 Å². The van der Waals surface area contributed by atoms with Crippen molar-refractivity contribution in [3.8, 4) is 0 Å². The van der Waals surface area contributed by atoms with Gasteiger partial charge < -0.3 is 15.0 Å². The first kappa shape index (κ1) is 20.1. The number of morpholine rings is 1. The average Bonchev–Trinajstić information content (AvgIpc) is 3.09. The summed E-state index contributed by atoms with van der Waals surface area (Å²) in [4.78, 5) is 14.6. The third-order valence-corrected chi connectivity index (χ3v) is 6.04. The number of hydrogen-bond donors (Lipinski definition) is 1. The zero-order valence-electron chi connectivity index (χ0n) is 18.2. The van der Waals surface area contributed by atoms with Crippen LogP contribution in [0.1, 0.15) is 34.4 Å². The highest BCUT2D eigenvalue weighted by Gasteiger charge is 2.24. The Morgan fingerprint density at radius 1 is 0.966 bits per heavy atom. The molecular weight excluding hydrogens is 362 g/mol. The fraction of sp³-hybridized carbons (Fsp3) is 0.565. The molecule has 1 saturated heterocycles. The molecule has 1 N–H and O–H groups in total. The highest BCUT2D eigenvalue weighted by Crippen LogP contribution is 2.31. The van der Waals surface area contributed by atoms with E-state index in [1.165, 1.54) is 22.3 Å². The second-order valence-corrected chi connectivity index (χ2v) is 8.38. The Kier molecular flexibility index (Phi) is 6.01. The van der Waals surface area contributed by atoms with Crippen molar-refractivity contribution in [2.75, 3.05) is 56.2 Å². The monoisotopic (exact) mass is 395 g/mol. The van der Waals surface area contributed by atoms with Crippen LogP contribution in [0.25, 0.3) is 0 Å². The van der Waals surface area contributed by atoms with Crippen LogP contribution in [-0.2, 0) is 11.2 Å². The zero-order valence-corrected chi connectivity index (χ0v) is 18.2. The van der Waals surface area contributed by atoms with Crippen molar-refractivity contribution < 1.29 is 4.74 Å². The molecule has 29 heavy (non-hydrogen) atoms. The first-order valence-corrected chi connectivity index (χ1v) is 10.8. The Balaban J connectivity index is 1.47. The van der Waals surface area contributed by atoms with Gasteiger partial charge in [-0.2, -0.15) is 4.98 Å². The molecule has 0 saturated carbocycles. The predicted molar refractivity (Wildman–Crippen MR) is 118 cm³/mol. The number of aromatic nitrogens is 2. The maximum atomic E-state index is 5.45. The molecule has 2 aromatic rings. The molecule has 0 radical (unpaired) electrons. The number of rotatable bonds is 6. The number of fused-ring (bicyclic) bond motifs is 1. The molecule has 0 unspecified atom stereocenters. The molecule has 1 fully saturated rings. The minimum atomic E-state index is 0.705. The van der Waals surface area contributed by atoms with Crippen LogP contribution in [-0.4, -0.2) is 60.8 Å². The largest absolute Gasteiger partial charge is 0.379 e. The van der Waals surface area contributed by atoms with E-state index in [2.05, 4.69) is 54.9 Å². The molecule has 0 bridgehead atoms. The van der Waals surface area contributed by atoms with Crippen LogP contribution in [0.4, 0.5) is 17.5 Å². The summed E-state index contributed by atoms with van der Waals surface area (Å²) in [6.07, 6.45) is 2.20. The normalized spacial score (nSPS) is 16.9. The van der Waals surface area contributed by atoms with Gasteiger partial charge >= 0.3 is 0 Å². The molecule has 1 aromatic carbocycles. The summed E-state index contributed by atoms with van der Waals surface area (Å²) in [6.45, 7) is 15.6. The fourth-order valence-corrected chi connectivity index (χ4v) is 4.56. The van der Waals surface area contributed by atoms with Gasteiger partial charge in [-0.3, -0.25) is 4.90 Å². The number of aryl methyl sites for hydroxylation is 4. The van der Waals surface area contributed by atoms with Crippen LogP contribution in [0, 0.1) is 27.7 Å². The van der Waals surface area contributed by atoms with Crippen molar-refractivity contribution >= 4 is 17.5 Å². The van der Waals surface area contributed by atoms with E-state index in [0.29, 0.717) is 5.95 Å². The maximum absolute atomic E-state index is 5.45. The molecule has 2 aliphatic heterocycles. The van der Waals surface area contributed by atoms with Gasteiger partial charge in [0.2, 0.25) is 5.95 Å². The lowest BCUT2D eigenvalue weighted by molar-refractivity contribution is 0.0376. The minimum absolute atomic E-state index is 0.705. The zero-order chi connectivity index (χ0) is 20.4. The van der Waals surface area contributed by atoms with Crippen molar-refractivity contribution in [1.29, 1.82) is 0 Å². The Morgan fingerprint density at radius 2 is 1.69 bits per heavy atom. The van der Waals surface area contributed by atoms with Crippen LogP contribution in [0.15, 0.2) is 12.1 Å². The molecule has 4 rings (SSSR count). The Hall–Kier alpha value is -2.18. The van der Waals surface area contributed by atoms with E-state index in [-0.39, 0.29) is 0 Å². The van der Waals surface area contributed by atoms with Crippen LogP contribution in [0.3, 0.4) is 0 Å². The SMILES string of the molecule is Cc1cc(C)c(Nc2nc(C)c3c(n2)N(CCCN2CCOCC2)CC3)c(C)c1. The van der Waals surface area contributed by atoms with Crippen LogP contribution in [0.5, 0.6) is 0 Å². The van der Waals surface area contributed by atoms with E-state index in [9.17, 15) is 0 Å². The van der Waals surface area contributed by atoms with Gasteiger partial charge in [0.25, 0.3) is 0 Å². The van der Waals surface area contributed by atoms with Crippen LogP contribution >= 0.6 is 0 Å². The van der Waals surface area contributed by atoms with E-state index in [1.807, 2.05) is 0 Å². The Labute approximate surface area is 174 Å². The van der Waals surface area contributed by atoms with Gasteiger partial charge in [0.05, 0.1) is 13.2 Å². The smallest absolute Gasteiger partial charge is 0.229 e. The summed E-state index contributed by atoms with van der Waals surface area (Å²) >= 11 is 0. The van der Waals surface area contributed by atoms with E-state index < -0.39 is 0 Å². The first-order valence-electron chi connectivity index (χ1n) is 10.8. The molecule has 0 aliphatic carbocycles. The molecule has 0 spiro atoms. The van der Waals surface area contributed by atoms with E-state index in [1.54, 1.807) is 0 Å². The van der Waals surface area contributed by atoms with E-state index in [4.69, 9.17) is 14.7 Å². The number of nitrogens with one attached hydrogen (secondary N) is 1. The maximum Gasteiger partial charge on any atom is 0.229 e. The number of nitrogens with zero attached hydrogens (tertiary/aromatic N) is 4. The lowest BCUT2D eigenvalue weighted by Crippen LogP contribution is -2.38. The number of benzene rings is 1. The third kappa shape index (κ3) is 4.54. The summed E-state index contributed by atoms with van der Waals surface area (Å²) in [7, 11) is 0. The summed E-state index contributed by atoms with van der Waals surface area (Å²) in [5, 5.41) is 3.50. The van der Waals surface area contributed by atoms with Crippen molar-refractivity contribution in [2.45, 2.75) is 40.5 Å². The summed E-state index contributed by atoms with van der Waals surface area (Å²) in [5.41, 5.74) is 7.25. The third-order valence-electron chi connectivity index (χ3n) is 6.04. The molecule has 2 aliphatic rings. The van der Waals surface area contributed by atoms with Gasteiger partial charge in [0, 0.05) is 49.7 Å². The second kappa shape index (κ2) is 8.67. The van der Waals surface area contributed by atoms with E-state index in [0.717, 1.165) is 76.0 Å². The standard InChI is InChI=1S/C23H33N5O/c1-16-14-17(2)21(18(3)15-16)25-23-24-19(4)20-6-9-28(22(20)26-23)8-5-7-27-10-12-29-13-11-27/h14-15H,5-13H2,1-4H3,(H,24,25,26). The number of ether oxygens (including phenoxy) is 1. The van der Waals surface area contributed by atoms with Crippen molar-refractivity contribution in [1.82, 2.24) is 14.9 Å². The van der Waals surface area contributed by atoms with Crippen LogP contribution < -0.4 is 10.2 Å². The fourth-order valence-electron chi connectivity index (χ4n) is 4.56. The minimum Gasteiger partial charge on any atom is -0.379 e. The van der Waals surface area contributed by atoms with Gasteiger partial charge in [0.15, 0.2) is 0 Å². The number of hydrogen-bond acceptors (Lipinski definition) is 6. The van der Waals surface area contributed by atoms with Crippen molar-refractivity contribution in [2.24, 2.45) is 0 Å². The van der Waals surface area contributed by atoms with Gasteiger partial charge in [-0.05, 0) is 51.7 Å². The van der Waals surface area contributed by atoms with Crippen LogP contribution in [0.2, 0.25) is 0 Å². The average molecular weight is 396 g/mol. The second-order valence-electron chi connectivity index (χ2n) is 8.38. The summed E-state index contributed by atoms with van der Waals surface area (Å²) in [5.74, 6) is 1.82. The van der Waals surface area contributed by atoms with E-state index >= 15 is 0 Å². The summed E-state index contributed by atoms with van der Waals surface area (Å²) in [6, 6.07) is 4.40. The molecule has 6 heteroatoms. The van der Waals surface area contributed by atoms with Gasteiger partial charge in [-0.15, -0.1) is 0 Å². The molecular formula is C23H33N5O. The Morgan fingerprint density at radius 3 is 2.41 bits per heavy atom. The molecule has 6 nitrogen and oxygen atoms in total. The quantitative estimate of drug-likeness (QED) is 0.807. The van der Waals surface area contributed by atoms with Gasteiger partial charge in [-0.1, -0.05) is 17.7 Å². The first-order chi connectivity index (χ1) is 14.0. The number of anilines is 3. The summed E-state index contributed by atoms with van der Waals surface area (Å²) < 4.78 is 5.45. The highest BCUT2D eigenvalue weighted by atomic mass is 16.5. The van der Waals surface area contributed by atoms with Crippen molar-refractivity contribution in [3.63, 3.8) is 0 Å².